The Bertz CT molecular complexity index is 768. The largest absolute Gasteiger partial charge is 0.368 e. The number of likely N-dealkylation sites (N-methyl/N-ethyl adjacent to an activating group) is 1. The zero-order valence-corrected chi connectivity index (χ0v) is 13.3. The van der Waals surface area contributed by atoms with E-state index in [1.807, 2.05) is 18.0 Å². The molecule has 0 amide bonds. The summed E-state index contributed by atoms with van der Waals surface area (Å²) in [5, 5.41) is 3.45. The molecule has 114 valence electrons. The number of anilines is 1. The van der Waals surface area contributed by atoms with E-state index >= 15 is 0 Å². The average molecular weight is 314 g/mol. The van der Waals surface area contributed by atoms with Crippen molar-refractivity contribution in [2.45, 2.75) is 12.5 Å². The first kappa shape index (κ1) is 15.0. The minimum atomic E-state index is -0.210. The van der Waals surface area contributed by atoms with Gasteiger partial charge in [-0.1, -0.05) is 30.3 Å². The first-order valence-electron chi connectivity index (χ1n) is 7.33. The summed E-state index contributed by atoms with van der Waals surface area (Å²) in [6, 6.07) is 15.3. The van der Waals surface area contributed by atoms with Gasteiger partial charge in [0.2, 0.25) is 0 Å². The van der Waals surface area contributed by atoms with Crippen molar-refractivity contribution >= 4 is 27.1 Å². The Balaban J connectivity index is 1.87. The van der Waals surface area contributed by atoms with Crippen LogP contribution in [-0.4, -0.2) is 19.6 Å². The molecule has 0 saturated carbocycles. The third-order valence-corrected chi connectivity index (χ3v) is 5.08. The van der Waals surface area contributed by atoms with Gasteiger partial charge in [-0.3, -0.25) is 0 Å². The Morgan fingerprint density at radius 1 is 1.14 bits per heavy atom. The lowest BCUT2D eigenvalue weighted by molar-refractivity contribution is 0.590. The van der Waals surface area contributed by atoms with Crippen molar-refractivity contribution < 1.29 is 4.39 Å². The van der Waals surface area contributed by atoms with Crippen LogP contribution in [0.4, 0.5) is 10.1 Å². The minimum Gasteiger partial charge on any atom is -0.368 e. The molecule has 1 atom stereocenters. The molecule has 1 unspecified atom stereocenters. The summed E-state index contributed by atoms with van der Waals surface area (Å²) in [7, 11) is 1.91. The van der Waals surface area contributed by atoms with E-state index in [0.717, 1.165) is 6.42 Å². The van der Waals surface area contributed by atoms with Gasteiger partial charge in [0, 0.05) is 24.3 Å². The van der Waals surface area contributed by atoms with Crippen molar-refractivity contribution in [3.05, 3.63) is 65.3 Å². The molecule has 2 N–H and O–H groups in total. The van der Waals surface area contributed by atoms with Gasteiger partial charge in [0.05, 0.1) is 5.69 Å². The van der Waals surface area contributed by atoms with Crippen LogP contribution in [0.1, 0.15) is 5.56 Å². The number of para-hydroxylation sites is 1. The number of halogens is 1. The minimum absolute atomic E-state index is 0.0647. The maximum atomic E-state index is 14.0. The van der Waals surface area contributed by atoms with Crippen LogP contribution in [0.25, 0.3) is 10.1 Å². The van der Waals surface area contributed by atoms with Crippen molar-refractivity contribution in [3.63, 3.8) is 0 Å². The standard InChI is InChI=1S/C18H19FN2S/c1-21(17-8-4-3-7-16(17)19)14(11-20)10-13-12-22-18-9-5-2-6-15(13)18/h2-9,12,14H,10-11,20H2,1H3. The van der Waals surface area contributed by atoms with E-state index in [1.165, 1.54) is 21.7 Å². The van der Waals surface area contributed by atoms with Crippen molar-refractivity contribution in [2.24, 2.45) is 5.73 Å². The monoisotopic (exact) mass is 314 g/mol. The number of rotatable bonds is 5. The average Bonchev–Trinajstić information content (AvgIpc) is 2.95. The van der Waals surface area contributed by atoms with Crippen LogP contribution >= 0.6 is 11.3 Å². The van der Waals surface area contributed by atoms with Gasteiger partial charge in [-0.25, -0.2) is 4.39 Å². The van der Waals surface area contributed by atoms with Gasteiger partial charge in [0.1, 0.15) is 5.82 Å². The number of fused-ring (bicyclic) bond motifs is 1. The van der Waals surface area contributed by atoms with Gasteiger partial charge >= 0.3 is 0 Å². The predicted octanol–water partition coefficient (Wildman–Crippen LogP) is 4.05. The molecule has 4 heteroatoms. The molecule has 3 rings (SSSR count). The fourth-order valence-corrected chi connectivity index (χ4v) is 3.73. The number of hydrogen-bond acceptors (Lipinski definition) is 3. The lowest BCUT2D eigenvalue weighted by Gasteiger charge is -2.29. The fraction of sp³-hybridized carbons (Fsp3) is 0.222. The van der Waals surface area contributed by atoms with Gasteiger partial charge < -0.3 is 10.6 Å². The maximum Gasteiger partial charge on any atom is 0.146 e. The lowest BCUT2D eigenvalue weighted by Crippen LogP contribution is -2.40. The van der Waals surface area contributed by atoms with Gasteiger partial charge in [-0.15, -0.1) is 11.3 Å². The summed E-state index contributed by atoms with van der Waals surface area (Å²) in [5.41, 5.74) is 7.83. The van der Waals surface area contributed by atoms with Gasteiger partial charge in [0.25, 0.3) is 0 Å². The van der Waals surface area contributed by atoms with E-state index in [2.05, 4.69) is 29.6 Å². The number of nitrogens with two attached hydrogens (primary N) is 1. The predicted molar refractivity (Wildman–Crippen MR) is 93.2 cm³/mol. The van der Waals surface area contributed by atoms with Crippen LogP contribution in [0.5, 0.6) is 0 Å². The summed E-state index contributed by atoms with van der Waals surface area (Å²) >= 11 is 1.74. The smallest absolute Gasteiger partial charge is 0.146 e. The lowest BCUT2D eigenvalue weighted by atomic mass is 10.0. The van der Waals surface area contributed by atoms with E-state index in [0.29, 0.717) is 12.2 Å². The molecule has 0 aliphatic heterocycles. The topological polar surface area (TPSA) is 29.3 Å². The fourth-order valence-electron chi connectivity index (χ4n) is 2.76. The van der Waals surface area contributed by atoms with Crippen LogP contribution < -0.4 is 10.6 Å². The second kappa shape index (κ2) is 6.46. The van der Waals surface area contributed by atoms with Crippen molar-refractivity contribution in [1.82, 2.24) is 0 Å². The number of thiophene rings is 1. The third kappa shape index (κ3) is 2.85. The van der Waals surface area contributed by atoms with Crippen molar-refractivity contribution in [3.8, 4) is 0 Å². The Morgan fingerprint density at radius 2 is 1.86 bits per heavy atom. The van der Waals surface area contributed by atoms with Gasteiger partial charge in [-0.05, 0) is 40.9 Å². The zero-order chi connectivity index (χ0) is 15.5. The Hall–Kier alpha value is -1.91. The molecule has 1 heterocycles. The molecule has 2 nitrogen and oxygen atoms in total. The van der Waals surface area contributed by atoms with Crippen LogP contribution in [0, 0.1) is 5.82 Å². The maximum absolute atomic E-state index is 14.0. The quantitative estimate of drug-likeness (QED) is 0.770. The molecule has 0 bridgehead atoms. The van der Waals surface area contributed by atoms with E-state index in [9.17, 15) is 4.39 Å². The van der Waals surface area contributed by atoms with Crippen LogP contribution in [-0.2, 0) is 6.42 Å². The van der Waals surface area contributed by atoms with Crippen LogP contribution in [0.15, 0.2) is 53.9 Å². The second-order valence-electron chi connectivity index (χ2n) is 5.41. The van der Waals surface area contributed by atoms with Crippen LogP contribution in [0.2, 0.25) is 0 Å². The third-order valence-electron chi connectivity index (χ3n) is 4.07. The molecule has 0 spiro atoms. The highest BCUT2D eigenvalue weighted by molar-refractivity contribution is 7.17. The Kier molecular flexibility index (Phi) is 4.41. The number of benzene rings is 2. The van der Waals surface area contributed by atoms with Crippen molar-refractivity contribution in [2.75, 3.05) is 18.5 Å². The van der Waals surface area contributed by atoms with E-state index in [4.69, 9.17) is 5.73 Å². The summed E-state index contributed by atoms with van der Waals surface area (Å²) in [4.78, 5) is 1.95. The summed E-state index contributed by atoms with van der Waals surface area (Å²) in [6.45, 7) is 0.481. The number of nitrogens with zero attached hydrogens (tertiary/aromatic N) is 1. The Labute approximate surface area is 134 Å². The SMILES string of the molecule is CN(c1ccccc1F)C(CN)Cc1csc2ccccc12. The van der Waals surface area contributed by atoms with Crippen molar-refractivity contribution in [1.29, 1.82) is 0 Å². The number of hydrogen-bond donors (Lipinski definition) is 1. The molecule has 2 aromatic carbocycles. The molecule has 0 radical (unpaired) electrons. The summed E-state index contributed by atoms with van der Waals surface area (Å²) < 4.78 is 15.3. The molecule has 0 saturated heterocycles. The zero-order valence-electron chi connectivity index (χ0n) is 12.5. The molecular weight excluding hydrogens is 295 g/mol. The highest BCUT2D eigenvalue weighted by Gasteiger charge is 2.18. The molecule has 22 heavy (non-hydrogen) atoms. The summed E-state index contributed by atoms with van der Waals surface area (Å²) in [6.07, 6.45) is 0.811. The second-order valence-corrected chi connectivity index (χ2v) is 6.32. The normalized spacial score (nSPS) is 12.5. The first-order chi connectivity index (χ1) is 10.7. The Morgan fingerprint density at radius 3 is 2.64 bits per heavy atom. The molecule has 3 aromatic rings. The van der Waals surface area contributed by atoms with E-state index < -0.39 is 0 Å². The highest BCUT2D eigenvalue weighted by Crippen LogP contribution is 2.28. The molecule has 0 aliphatic rings. The summed E-state index contributed by atoms with van der Waals surface area (Å²) in [5.74, 6) is -0.210. The van der Waals surface area contributed by atoms with Gasteiger partial charge in [0.15, 0.2) is 0 Å². The molecule has 1 aromatic heterocycles. The highest BCUT2D eigenvalue weighted by atomic mass is 32.1. The molecule has 0 fully saturated rings. The van der Waals surface area contributed by atoms with Gasteiger partial charge in [-0.2, -0.15) is 0 Å². The first-order valence-corrected chi connectivity index (χ1v) is 8.21. The molecular formula is C18H19FN2S. The molecule has 0 aliphatic carbocycles. The van der Waals surface area contributed by atoms with E-state index in [-0.39, 0.29) is 11.9 Å². The van der Waals surface area contributed by atoms with Crippen LogP contribution in [0.3, 0.4) is 0 Å². The van der Waals surface area contributed by atoms with E-state index in [1.54, 1.807) is 23.5 Å².